The van der Waals surface area contributed by atoms with E-state index in [0.717, 1.165) is 12.0 Å². The summed E-state index contributed by atoms with van der Waals surface area (Å²) in [4.78, 5) is 0. The molecule has 0 radical (unpaired) electrons. The highest BCUT2D eigenvalue weighted by Crippen LogP contribution is 2.20. The summed E-state index contributed by atoms with van der Waals surface area (Å²) in [5.41, 5.74) is 7.87. The molecule has 1 atom stereocenters. The van der Waals surface area contributed by atoms with Crippen molar-refractivity contribution in [3.63, 3.8) is 0 Å². The van der Waals surface area contributed by atoms with Crippen molar-refractivity contribution in [1.29, 1.82) is 0 Å². The van der Waals surface area contributed by atoms with E-state index >= 15 is 0 Å². The summed E-state index contributed by atoms with van der Waals surface area (Å²) >= 11 is 0. The largest absolute Gasteiger partial charge is 0.419 e. The predicted molar refractivity (Wildman–Crippen MR) is 61.7 cm³/mol. The molecule has 2 aromatic rings. The molecule has 0 aliphatic heterocycles. The van der Waals surface area contributed by atoms with Gasteiger partial charge in [-0.2, -0.15) is 0 Å². The van der Waals surface area contributed by atoms with Gasteiger partial charge in [0.1, 0.15) is 0 Å². The Morgan fingerprint density at radius 1 is 1.25 bits per heavy atom. The van der Waals surface area contributed by atoms with Crippen LogP contribution in [0.15, 0.2) is 28.7 Å². The lowest BCUT2D eigenvalue weighted by Crippen LogP contribution is -2.04. The molecule has 84 valence electrons. The maximum Gasteiger partial charge on any atom is 0.247 e. The molecular formula is C12H15N3O. The van der Waals surface area contributed by atoms with Gasteiger partial charge in [0.25, 0.3) is 0 Å². The summed E-state index contributed by atoms with van der Waals surface area (Å²) in [6.07, 6.45) is 1.02. The molecule has 0 amide bonds. The van der Waals surface area contributed by atoms with E-state index in [0.29, 0.717) is 11.8 Å². The number of nitrogens with zero attached hydrogens (tertiary/aromatic N) is 2. The van der Waals surface area contributed by atoms with Crippen molar-refractivity contribution >= 4 is 0 Å². The Hall–Kier alpha value is -1.68. The SMILES string of the molecule is CCc1ccc(-c2nnc(C(C)N)o2)cc1. The third-order valence-corrected chi connectivity index (χ3v) is 2.44. The number of hydrogen-bond donors (Lipinski definition) is 1. The Labute approximate surface area is 94.5 Å². The summed E-state index contributed by atoms with van der Waals surface area (Å²) in [5.74, 6) is 0.990. The van der Waals surface area contributed by atoms with Crippen LogP contribution in [0.1, 0.15) is 31.3 Å². The van der Waals surface area contributed by atoms with E-state index in [4.69, 9.17) is 10.2 Å². The molecule has 16 heavy (non-hydrogen) atoms. The maximum absolute atomic E-state index is 5.65. The molecule has 0 aliphatic rings. The molecule has 4 nitrogen and oxygen atoms in total. The van der Waals surface area contributed by atoms with Crippen LogP contribution >= 0.6 is 0 Å². The van der Waals surface area contributed by atoms with Crippen molar-refractivity contribution < 1.29 is 4.42 Å². The number of benzene rings is 1. The van der Waals surface area contributed by atoms with E-state index < -0.39 is 0 Å². The van der Waals surface area contributed by atoms with Gasteiger partial charge < -0.3 is 10.2 Å². The van der Waals surface area contributed by atoms with Crippen LogP contribution in [-0.4, -0.2) is 10.2 Å². The Morgan fingerprint density at radius 2 is 1.94 bits per heavy atom. The Balaban J connectivity index is 2.28. The van der Waals surface area contributed by atoms with Gasteiger partial charge in [-0.1, -0.05) is 19.1 Å². The zero-order chi connectivity index (χ0) is 11.5. The van der Waals surface area contributed by atoms with E-state index in [9.17, 15) is 0 Å². The highest BCUT2D eigenvalue weighted by atomic mass is 16.4. The molecule has 1 unspecified atom stereocenters. The first-order valence-electron chi connectivity index (χ1n) is 5.39. The summed E-state index contributed by atoms with van der Waals surface area (Å²) in [5, 5.41) is 7.86. The van der Waals surface area contributed by atoms with Gasteiger partial charge in [0.15, 0.2) is 0 Å². The molecule has 0 fully saturated rings. The minimum absolute atomic E-state index is 0.226. The second-order valence-electron chi connectivity index (χ2n) is 3.78. The van der Waals surface area contributed by atoms with Crippen molar-refractivity contribution in [2.45, 2.75) is 26.3 Å². The van der Waals surface area contributed by atoms with Crippen LogP contribution in [0, 0.1) is 0 Å². The van der Waals surface area contributed by atoms with Crippen LogP contribution in [0.25, 0.3) is 11.5 Å². The third-order valence-electron chi connectivity index (χ3n) is 2.44. The van der Waals surface area contributed by atoms with Gasteiger partial charge in [-0.15, -0.1) is 10.2 Å². The van der Waals surface area contributed by atoms with Crippen molar-refractivity contribution in [2.24, 2.45) is 5.73 Å². The number of aromatic nitrogens is 2. The molecular weight excluding hydrogens is 202 g/mol. The van der Waals surface area contributed by atoms with E-state index in [1.54, 1.807) is 0 Å². The third kappa shape index (κ3) is 2.12. The van der Waals surface area contributed by atoms with Gasteiger partial charge >= 0.3 is 0 Å². The normalized spacial score (nSPS) is 12.7. The van der Waals surface area contributed by atoms with Crippen LogP contribution in [0.2, 0.25) is 0 Å². The van der Waals surface area contributed by atoms with Crippen molar-refractivity contribution in [2.75, 3.05) is 0 Å². The van der Waals surface area contributed by atoms with E-state index in [2.05, 4.69) is 29.3 Å². The van der Waals surface area contributed by atoms with Crippen LogP contribution < -0.4 is 5.73 Å². The standard InChI is InChI=1S/C12H15N3O/c1-3-9-4-6-10(7-5-9)12-15-14-11(16-12)8(2)13/h4-8H,3,13H2,1-2H3. The van der Waals surface area contributed by atoms with Gasteiger partial charge in [0.05, 0.1) is 6.04 Å². The lowest BCUT2D eigenvalue weighted by molar-refractivity contribution is 0.473. The first-order chi connectivity index (χ1) is 7.70. The summed E-state index contributed by atoms with van der Waals surface area (Å²) in [6.45, 7) is 3.94. The van der Waals surface area contributed by atoms with Crippen LogP contribution in [0.5, 0.6) is 0 Å². The highest BCUT2D eigenvalue weighted by Gasteiger charge is 2.10. The van der Waals surface area contributed by atoms with E-state index in [1.807, 2.05) is 19.1 Å². The lowest BCUT2D eigenvalue weighted by Gasteiger charge is -1.98. The van der Waals surface area contributed by atoms with Crippen LogP contribution in [0.4, 0.5) is 0 Å². The van der Waals surface area contributed by atoms with E-state index in [1.165, 1.54) is 5.56 Å². The number of aryl methyl sites for hydroxylation is 1. The Morgan fingerprint density at radius 3 is 2.44 bits per heavy atom. The van der Waals surface area contributed by atoms with Crippen molar-refractivity contribution in [3.05, 3.63) is 35.7 Å². The Kier molecular flexibility index (Phi) is 3.01. The van der Waals surface area contributed by atoms with Gasteiger partial charge in [-0.25, -0.2) is 0 Å². The molecule has 0 saturated carbocycles. The molecule has 0 saturated heterocycles. The average Bonchev–Trinajstić information content (AvgIpc) is 2.78. The topological polar surface area (TPSA) is 64.9 Å². The Bertz CT molecular complexity index is 459. The minimum Gasteiger partial charge on any atom is -0.419 e. The molecule has 0 spiro atoms. The average molecular weight is 217 g/mol. The summed E-state index contributed by atoms with van der Waals surface area (Å²) < 4.78 is 5.46. The van der Waals surface area contributed by atoms with Crippen molar-refractivity contribution in [3.8, 4) is 11.5 Å². The molecule has 1 heterocycles. The monoisotopic (exact) mass is 217 g/mol. The molecule has 1 aromatic heterocycles. The number of hydrogen-bond acceptors (Lipinski definition) is 4. The molecule has 2 rings (SSSR count). The molecule has 1 aromatic carbocycles. The van der Waals surface area contributed by atoms with Gasteiger partial charge in [-0.05, 0) is 31.0 Å². The fourth-order valence-corrected chi connectivity index (χ4v) is 1.42. The number of rotatable bonds is 3. The molecule has 4 heteroatoms. The second-order valence-corrected chi connectivity index (χ2v) is 3.78. The van der Waals surface area contributed by atoms with Crippen LogP contribution in [0.3, 0.4) is 0 Å². The first kappa shape index (κ1) is 10.8. The fraction of sp³-hybridized carbons (Fsp3) is 0.333. The predicted octanol–water partition coefficient (Wildman–Crippen LogP) is 2.32. The highest BCUT2D eigenvalue weighted by molar-refractivity contribution is 5.52. The van der Waals surface area contributed by atoms with Crippen LogP contribution in [-0.2, 0) is 6.42 Å². The van der Waals surface area contributed by atoms with E-state index in [-0.39, 0.29) is 6.04 Å². The zero-order valence-corrected chi connectivity index (χ0v) is 9.47. The quantitative estimate of drug-likeness (QED) is 0.856. The summed E-state index contributed by atoms with van der Waals surface area (Å²) in [7, 11) is 0. The molecule has 0 bridgehead atoms. The zero-order valence-electron chi connectivity index (χ0n) is 9.47. The summed E-state index contributed by atoms with van der Waals surface area (Å²) in [6, 6.07) is 7.86. The number of nitrogens with two attached hydrogens (primary N) is 1. The second kappa shape index (κ2) is 4.45. The molecule has 2 N–H and O–H groups in total. The van der Waals surface area contributed by atoms with Gasteiger partial charge in [0.2, 0.25) is 11.8 Å². The van der Waals surface area contributed by atoms with Gasteiger partial charge in [0, 0.05) is 5.56 Å². The molecule has 0 aliphatic carbocycles. The smallest absolute Gasteiger partial charge is 0.247 e. The van der Waals surface area contributed by atoms with Gasteiger partial charge in [-0.3, -0.25) is 0 Å². The fourth-order valence-electron chi connectivity index (χ4n) is 1.42. The van der Waals surface area contributed by atoms with Crippen molar-refractivity contribution in [1.82, 2.24) is 10.2 Å². The minimum atomic E-state index is -0.226. The lowest BCUT2D eigenvalue weighted by atomic mass is 10.1. The maximum atomic E-state index is 5.65. The first-order valence-corrected chi connectivity index (χ1v) is 5.39.